The first-order valence-electron chi connectivity index (χ1n) is 5.45. The minimum Gasteiger partial charge on any atom is -0.481 e. The van der Waals surface area contributed by atoms with E-state index in [4.69, 9.17) is 5.11 Å². The molecule has 0 unspecified atom stereocenters. The van der Waals surface area contributed by atoms with Crippen LogP contribution in [-0.4, -0.2) is 25.0 Å². The second-order valence-electron chi connectivity index (χ2n) is 5.07. The molecular formula is C12H17NO4S. The summed E-state index contributed by atoms with van der Waals surface area (Å²) < 4.78 is 26.4. The second kappa shape index (κ2) is 5.07. The quantitative estimate of drug-likeness (QED) is 0.866. The van der Waals surface area contributed by atoms with Crippen LogP contribution in [0, 0.1) is 0 Å². The molecule has 0 aliphatic heterocycles. The molecule has 0 aromatic heterocycles. The summed E-state index contributed by atoms with van der Waals surface area (Å²) >= 11 is 0. The van der Waals surface area contributed by atoms with Gasteiger partial charge in [-0.15, -0.1) is 0 Å². The SMILES string of the molecule is CC(C)(C)NS(=O)(=O)c1ccc(CC(=O)O)cc1. The van der Waals surface area contributed by atoms with Crippen LogP contribution in [0.2, 0.25) is 0 Å². The molecule has 5 nitrogen and oxygen atoms in total. The maximum absolute atomic E-state index is 12.0. The van der Waals surface area contributed by atoms with Gasteiger partial charge in [0.15, 0.2) is 0 Å². The molecule has 0 saturated carbocycles. The van der Waals surface area contributed by atoms with Gasteiger partial charge in [-0.3, -0.25) is 4.79 Å². The molecule has 2 N–H and O–H groups in total. The largest absolute Gasteiger partial charge is 0.481 e. The van der Waals surface area contributed by atoms with Crippen LogP contribution < -0.4 is 4.72 Å². The third-order valence-corrected chi connectivity index (χ3v) is 3.80. The summed E-state index contributed by atoms with van der Waals surface area (Å²) in [5.41, 5.74) is 0.00988. The van der Waals surface area contributed by atoms with E-state index in [2.05, 4.69) is 4.72 Å². The van der Waals surface area contributed by atoms with Crippen LogP contribution in [0.4, 0.5) is 0 Å². The zero-order valence-corrected chi connectivity index (χ0v) is 11.4. The van der Waals surface area contributed by atoms with Crippen molar-refractivity contribution in [1.29, 1.82) is 0 Å². The number of sulfonamides is 1. The fourth-order valence-electron chi connectivity index (χ4n) is 1.42. The molecule has 0 spiro atoms. The third kappa shape index (κ3) is 4.46. The van der Waals surface area contributed by atoms with Gasteiger partial charge in [-0.2, -0.15) is 0 Å². The van der Waals surface area contributed by atoms with Crippen molar-refractivity contribution in [3.8, 4) is 0 Å². The summed E-state index contributed by atoms with van der Waals surface area (Å²) in [5, 5.41) is 8.62. The Morgan fingerprint density at radius 2 is 1.72 bits per heavy atom. The number of carbonyl (C=O) groups is 1. The fourth-order valence-corrected chi connectivity index (χ4v) is 2.84. The average molecular weight is 271 g/mol. The zero-order valence-electron chi connectivity index (χ0n) is 10.6. The zero-order chi connectivity index (χ0) is 14.0. The molecule has 100 valence electrons. The Labute approximate surface area is 107 Å². The summed E-state index contributed by atoms with van der Waals surface area (Å²) in [7, 11) is -3.56. The molecule has 0 saturated heterocycles. The Morgan fingerprint density at radius 1 is 1.22 bits per heavy atom. The molecule has 0 radical (unpaired) electrons. The number of hydrogen-bond donors (Lipinski definition) is 2. The highest BCUT2D eigenvalue weighted by Gasteiger charge is 2.21. The lowest BCUT2D eigenvalue weighted by molar-refractivity contribution is -0.136. The Bertz CT molecular complexity index is 526. The molecule has 0 atom stereocenters. The molecule has 0 bridgehead atoms. The van der Waals surface area contributed by atoms with Crippen LogP contribution in [-0.2, 0) is 21.2 Å². The number of carboxylic acid groups (broad SMARTS) is 1. The number of benzene rings is 1. The van der Waals surface area contributed by atoms with Crippen molar-refractivity contribution in [3.63, 3.8) is 0 Å². The predicted molar refractivity (Wildman–Crippen MR) is 67.9 cm³/mol. The third-order valence-electron chi connectivity index (χ3n) is 2.03. The maximum atomic E-state index is 12.0. The molecular weight excluding hydrogens is 254 g/mol. The van der Waals surface area contributed by atoms with Crippen LogP contribution in [0.25, 0.3) is 0 Å². The molecule has 1 rings (SSSR count). The fraction of sp³-hybridized carbons (Fsp3) is 0.417. The number of aliphatic carboxylic acids is 1. The first-order valence-corrected chi connectivity index (χ1v) is 6.93. The van der Waals surface area contributed by atoms with E-state index in [1.807, 2.05) is 0 Å². The van der Waals surface area contributed by atoms with Crippen molar-refractivity contribution in [2.75, 3.05) is 0 Å². The summed E-state index contributed by atoms with van der Waals surface area (Å²) in [6.07, 6.45) is -0.118. The number of hydrogen-bond acceptors (Lipinski definition) is 3. The Hall–Kier alpha value is -1.40. The van der Waals surface area contributed by atoms with E-state index in [9.17, 15) is 13.2 Å². The van der Waals surface area contributed by atoms with Crippen LogP contribution in [0.3, 0.4) is 0 Å². The van der Waals surface area contributed by atoms with Gasteiger partial charge in [-0.1, -0.05) is 12.1 Å². The summed E-state index contributed by atoms with van der Waals surface area (Å²) in [4.78, 5) is 10.6. The topological polar surface area (TPSA) is 83.5 Å². The van der Waals surface area contributed by atoms with E-state index in [0.29, 0.717) is 5.56 Å². The van der Waals surface area contributed by atoms with Gasteiger partial charge in [-0.05, 0) is 38.5 Å². The summed E-state index contributed by atoms with van der Waals surface area (Å²) in [6.45, 7) is 5.26. The van der Waals surface area contributed by atoms with Crippen LogP contribution in [0.5, 0.6) is 0 Å². The van der Waals surface area contributed by atoms with E-state index in [1.54, 1.807) is 20.8 Å². The average Bonchev–Trinajstić information content (AvgIpc) is 2.13. The van der Waals surface area contributed by atoms with E-state index in [0.717, 1.165) is 0 Å². The first-order chi connectivity index (χ1) is 8.10. The molecule has 0 fully saturated rings. The minimum absolute atomic E-state index is 0.118. The maximum Gasteiger partial charge on any atom is 0.307 e. The minimum atomic E-state index is -3.56. The Morgan fingerprint density at radius 3 is 2.11 bits per heavy atom. The molecule has 0 amide bonds. The monoisotopic (exact) mass is 271 g/mol. The Balaban J connectivity index is 2.94. The highest BCUT2D eigenvalue weighted by Crippen LogP contribution is 2.14. The van der Waals surface area contributed by atoms with Crippen LogP contribution >= 0.6 is 0 Å². The lowest BCUT2D eigenvalue weighted by atomic mass is 10.1. The van der Waals surface area contributed by atoms with Crippen molar-refractivity contribution >= 4 is 16.0 Å². The van der Waals surface area contributed by atoms with E-state index >= 15 is 0 Å². The molecule has 1 aromatic carbocycles. The number of nitrogens with one attached hydrogen (secondary N) is 1. The van der Waals surface area contributed by atoms with E-state index < -0.39 is 21.5 Å². The highest BCUT2D eigenvalue weighted by molar-refractivity contribution is 7.89. The van der Waals surface area contributed by atoms with E-state index in [-0.39, 0.29) is 11.3 Å². The van der Waals surface area contributed by atoms with Crippen molar-refractivity contribution in [1.82, 2.24) is 4.72 Å². The van der Waals surface area contributed by atoms with Crippen molar-refractivity contribution in [3.05, 3.63) is 29.8 Å². The first kappa shape index (κ1) is 14.7. The van der Waals surface area contributed by atoms with Gasteiger partial charge in [0.2, 0.25) is 10.0 Å². The van der Waals surface area contributed by atoms with Gasteiger partial charge >= 0.3 is 5.97 Å². The normalized spacial score (nSPS) is 12.4. The van der Waals surface area contributed by atoms with Crippen LogP contribution in [0.15, 0.2) is 29.2 Å². The standard InChI is InChI=1S/C12H17NO4S/c1-12(2,3)13-18(16,17)10-6-4-9(5-7-10)8-11(14)15/h4-7,13H,8H2,1-3H3,(H,14,15). The van der Waals surface area contributed by atoms with Gasteiger partial charge in [-0.25, -0.2) is 13.1 Å². The molecule has 18 heavy (non-hydrogen) atoms. The lowest BCUT2D eigenvalue weighted by Crippen LogP contribution is -2.40. The molecule has 0 aliphatic rings. The molecule has 0 heterocycles. The number of carboxylic acids is 1. The molecule has 0 aliphatic carbocycles. The van der Waals surface area contributed by atoms with Gasteiger partial charge in [0.25, 0.3) is 0 Å². The lowest BCUT2D eigenvalue weighted by Gasteiger charge is -2.20. The van der Waals surface area contributed by atoms with Gasteiger partial charge in [0.05, 0.1) is 11.3 Å². The number of rotatable bonds is 4. The molecule has 1 aromatic rings. The van der Waals surface area contributed by atoms with Gasteiger partial charge in [0, 0.05) is 5.54 Å². The van der Waals surface area contributed by atoms with Crippen molar-refractivity contribution in [2.45, 2.75) is 37.6 Å². The summed E-state index contributed by atoms with van der Waals surface area (Å²) in [6, 6.07) is 5.83. The highest BCUT2D eigenvalue weighted by atomic mass is 32.2. The van der Waals surface area contributed by atoms with Crippen LogP contribution in [0.1, 0.15) is 26.3 Å². The predicted octanol–water partition coefficient (Wildman–Crippen LogP) is 1.39. The van der Waals surface area contributed by atoms with E-state index in [1.165, 1.54) is 24.3 Å². The smallest absolute Gasteiger partial charge is 0.307 e. The van der Waals surface area contributed by atoms with Crippen molar-refractivity contribution < 1.29 is 18.3 Å². The van der Waals surface area contributed by atoms with Crippen molar-refractivity contribution in [2.24, 2.45) is 0 Å². The molecule has 6 heteroatoms. The second-order valence-corrected chi connectivity index (χ2v) is 6.75. The van der Waals surface area contributed by atoms with Gasteiger partial charge in [0.1, 0.15) is 0 Å². The Kier molecular flexibility index (Phi) is 4.13. The summed E-state index contributed by atoms with van der Waals surface area (Å²) in [5.74, 6) is -0.946. The van der Waals surface area contributed by atoms with Gasteiger partial charge < -0.3 is 5.11 Å².